The Labute approximate surface area is 135 Å². The van der Waals surface area contributed by atoms with Crippen molar-refractivity contribution in [3.63, 3.8) is 0 Å². The maximum atomic E-state index is 9.59. The van der Waals surface area contributed by atoms with Crippen molar-refractivity contribution in [2.24, 2.45) is 0 Å². The van der Waals surface area contributed by atoms with Gasteiger partial charge < -0.3 is 9.47 Å². The van der Waals surface area contributed by atoms with Crippen LogP contribution in [0.1, 0.15) is 29.6 Å². The number of benzene rings is 2. The second-order valence-corrected chi connectivity index (χ2v) is 5.54. The molecule has 2 atom stereocenters. The quantitative estimate of drug-likeness (QED) is 0.866. The molecule has 4 heteroatoms. The van der Waals surface area contributed by atoms with Crippen LogP contribution < -0.4 is 4.74 Å². The monoisotopic (exact) mass is 304 g/mol. The van der Waals surface area contributed by atoms with E-state index in [4.69, 9.17) is 9.47 Å². The third-order valence-corrected chi connectivity index (χ3v) is 4.29. The van der Waals surface area contributed by atoms with Crippen LogP contribution in [0.3, 0.4) is 0 Å². The van der Waals surface area contributed by atoms with E-state index in [0.29, 0.717) is 6.42 Å². The van der Waals surface area contributed by atoms with Gasteiger partial charge in [0.15, 0.2) is 0 Å². The van der Waals surface area contributed by atoms with Crippen LogP contribution in [0.2, 0.25) is 0 Å². The van der Waals surface area contributed by atoms with Crippen molar-refractivity contribution in [2.45, 2.75) is 24.0 Å². The first-order chi connectivity index (χ1) is 11.2. The number of nitriles is 2. The molecule has 1 saturated heterocycles. The molecule has 0 bridgehead atoms. The maximum absolute atomic E-state index is 9.59. The van der Waals surface area contributed by atoms with Crippen molar-refractivity contribution in [1.82, 2.24) is 0 Å². The van der Waals surface area contributed by atoms with E-state index in [0.717, 1.165) is 16.9 Å². The predicted molar refractivity (Wildman–Crippen MR) is 84.6 cm³/mol. The summed E-state index contributed by atoms with van der Waals surface area (Å²) in [7, 11) is 1.61. The van der Waals surface area contributed by atoms with Crippen LogP contribution in [-0.2, 0) is 4.74 Å². The fourth-order valence-corrected chi connectivity index (χ4v) is 3.05. The van der Waals surface area contributed by atoms with Gasteiger partial charge in [-0.05, 0) is 29.7 Å². The standard InChI is InChI=1S/C19H16N2O2/c1-22-16-9-7-14(8-10-16)17-11-18(15-5-3-2-4-6-15)23-19(17,12-20)13-21/h2-10,17-18H,11H2,1H3/t17-,18-/m0/s1. The van der Waals surface area contributed by atoms with Gasteiger partial charge >= 0.3 is 0 Å². The molecule has 0 spiro atoms. The largest absolute Gasteiger partial charge is 0.497 e. The summed E-state index contributed by atoms with van der Waals surface area (Å²) < 4.78 is 11.1. The molecule has 4 nitrogen and oxygen atoms in total. The minimum Gasteiger partial charge on any atom is -0.497 e. The second kappa shape index (κ2) is 6.12. The van der Waals surface area contributed by atoms with Crippen LogP contribution in [0.15, 0.2) is 54.6 Å². The summed E-state index contributed by atoms with van der Waals surface area (Å²) in [5.74, 6) is 0.445. The Morgan fingerprint density at radius 2 is 1.65 bits per heavy atom. The van der Waals surface area contributed by atoms with Gasteiger partial charge in [0.25, 0.3) is 0 Å². The zero-order chi connectivity index (χ0) is 16.3. The molecule has 0 N–H and O–H groups in total. The summed E-state index contributed by atoms with van der Waals surface area (Å²) in [5.41, 5.74) is 0.431. The minimum absolute atomic E-state index is 0.261. The molecule has 23 heavy (non-hydrogen) atoms. The fourth-order valence-electron chi connectivity index (χ4n) is 3.05. The van der Waals surface area contributed by atoms with Crippen LogP contribution in [0, 0.1) is 22.7 Å². The highest BCUT2D eigenvalue weighted by atomic mass is 16.5. The van der Waals surface area contributed by atoms with Gasteiger partial charge in [0, 0.05) is 5.92 Å². The first-order valence-electron chi connectivity index (χ1n) is 7.41. The molecule has 1 aliphatic heterocycles. The van der Waals surface area contributed by atoms with Gasteiger partial charge in [-0.3, -0.25) is 0 Å². The number of rotatable bonds is 3. The Morgan fingerprint density at radius 3 is 2.22 bits per heavy atom. The molecule has 0 aliphatic carbocycles. The van der Waals surface area contributed by atoms with Crippen molar-refractivity contribution in [3.8, 4) is 17.9 Å². The van der Waals surface area contributed by atoms with Gasteiger partial charge in [-0.25, -0.2) is 0 Å². The van der Waals surface area contributed by atoms with Gasteiger partial charge in [-0.15, -0.1) is 0 Å². The minimum atomic E-state index is -1.46. The number of methoxy groups -OCH3 is 1. The summed E-state index contributed by atoms with van der Waals surface area (Å²) >= 11 is 0. The highest BCUT2D eigenvalue weighted by Gasteiger charge is 2.51. The fraction of sp³-hybridized carbons (Fsp3) is 0.263. The lowest BCUT2D eigenvalue weighted by atomic mass is 9.82. The first kappa shape index (κ1) is 15.1. The van der Waals surface area contributed by atoms with E-state index in [2.05, 4.69) is 12.1 Å². The molecule has 2 aromatic rings. The molecule has 2 aromatic carbocycles. The summed E-state index contributed by atoms with van der Waals surface area (Å²) in [6.45, 7) is 0. The number of hydrogen-bond acceptors (Lipinski definition) is 4. The Balaban J connectivity index is 1.97. The lowest BCUT2D eigenvalue weighted by Gasteiger charge is -2.20. The van der Waals surface area contributed by atoms with Crippen molar-refractivity contribution in [1.29, 1.82) is 10.5 Å². The predicted octanol–water partition coefficient (Wildman–Crippen LogP) is 3.73. The average Bonchev–Trinajstić information content (AvgIpc) is 3.03. The molecule has 0 radical (unpaired) electrons. The smallest absolute Gasteiger partial charge is 0.248 e. The molecule has 1 fully saturated rings. The SMILES string of the molecule is COc1ccc([C@@H]2C[C@@H](c3ccccc3)OC2(C#N)C#N)cc1. The third-order valence-electron chi connectivity index (χ3n) is 4.29. The lowest BCUT2D eigenvalue weighted by Crippen LogP contribution is -2.30. The molecule has 0 saturated carbocycles. The number of nitrogens with zero attached hydrogens (tertiary/aromatic N) is 2. The average molecular weight is 304 g/mol. The van der Waals surface area contributed by atoms with Crippen LogP contribution in [0.5, 0.6) is 5.75 Å². The van der Waals surface area contributed by atoms with E-state index >= 15 is 0 Å². The molecule has 114 valence electrons. The van der Waals surface area contributed by atoms with Crippen LogP contribution in [0.4, 0.5) is 0 Å². The van der Waals surface area contributed by atoms with E-state index in [-0.39, 0.29) is 12.0 Å². The highest BCUT2D eigenvalue weighted by molar-refractivity contribution is 5.39. The van der Waals surface area contributed by atoms with E-state index in [1.54, 1.807) is 7.11 Å². The summed E-state index contributed by atoms with van der Waals surface area (Å²) in [5, 5.41) is 19.2. The van der Waals surface area contributed by atoms with Gasteiger partial charge in [0.05, 0.1) is 13.2 Å². The first-order valence-corrected chi connectivity index (χ1v) is 7.41. The zero-order valence-corrected chi connectivity index (χ0v) is 12.8. The lowest BCUT2D eigenvalue weighted by molar-refractivity contribution is 0.0280. The van der Waals surface area contributed by atoms with Crippen LogP contribution in [-0.4, -0.2) is 12.7 Å². The van der Waals surface area contributed by atoms with Crippen molar-refractivity contribution < 1.29 is 9.47 Å². The second-order valence-electron chi connectivity index (χ2n) is 5.54. The zero-order valence-electron chi connectivity index (χ0n) is 12.8. The Bertz CT molecular complexity index is 743. The number of ether oxygens (including phenoxy) is 2. The van der Waals surface area contributed by atoms with E-state index < -0.39 is 5.60 Å². The van der Waals surface area contributed by atoms with Crippen molar-refractivity contribution in [3.05, 3.63) is 65.7 Å². The Hall–Kier alpha value is -2.82. The molecule has 1 heterocycles. The van der Waals surface area contributed by atoms with E-state index in [9.17, 15) is 10.5 Å². The molecule has 1 aliphatic rings. The normalized spacial score (nSPS) is 22.0. The molecule has 3 rings (SSSR count). The molecular weight excluding hydrogens is 288 g/mol. The Morgan fingerprint density at radius 1 is 1.00 bits per heavy atom. The van der Waals surface area contributed by atoms with Crippen molar-refractivity contribution >= 4 is 0 Å². The highest BCUT2D eigenvalue weighted by Crippen LogP contribution is 2.48. The summed E-state index contributed by atoms with van der Waals surface area (Å²) in [6.07, 6.45) is 0.333. The van der Waals surface area contributed by atoms with Crippen LogP contribution in [0.25, 0.3) is 0 Å². The topological polar surface area (TPSA) is 66.0 Å². The van der Waals surface area contributed by atoms with Gasteiger partial charge in [-0.1, -0.05) is 42.5 Å². The van der Waals surface area contributed by atoms with Gasteiger partial charge in [0.1, 0.15) is 17.9 Å². The third kappa shape index (κ3) is 2.65. The van der Waals surface area contributed by atoms with Crippen molar-refractivity contribution in [2.75, 3.05) is 7.11 Å². The molecule has 0 aromatic heterocycles. The summed E-state index contributed by atoms with van der Waals surface area (Å²) in [6, 6.07) is 21.4. The van der Waals surface area contributed by atoms with Gasteiger partial charge in [0.2, 0.25) is 5.60 Å². The molecular formula is C19H16N2O2. The van der Waals surface area contributed by atoms with Crippen LogP contribution >= 0.6 is 0 Å². The number of hydrogen-bond donors (Lipinski definition) is 0. The molecule has 0 unspecified atom stereocenters. The molecule has 0 amide bonds. The van der Waals surface area contributed by atoms with E-state index in [1.165, 1.54) is 0 Å². The van der Waals surface area contributed by atoms with Gasteiger partial charge in [-0.2, -0.15) is 10.5 Å². The maximum Gasteiger partial charge on any atom is 0.248 e. The summed E-state index contributed by atoms with van der Waals surface area (Å²) in [4.78, 5) is 0. The Kier molecular flexibility index (Phi) is 4.02. The van der Waals surface area contributed by atoms with E-state index in [1.807, 2.05) is 54.6 Å².